The van der Waals surface area contributed by atoms with E-state index in [9.17, 15) is 9.67 Å². The van der Waals surface area contributed by atoms with Gasteiger partial charge in [0, 0.05) is 6.21 Å². The SMILES string of the molecule is CC1(C)OC2C(O1)[C@](C=N)(c1ccc3c(N)ncnn13)O[C@@H]2COP(=O)(OCc1ccccc1)OC[C@@H](CO)OCc1ccccc1. The standard InChI is InChI=1S/C32H38N5O9P/c1-31(2)45-28-26(44-32(20-33,29(28)46-31)27-14-13-25-30(34)35-21-36-37(25)27)19-43-47(39,41-17-23-11-7-4-8-12-23)42-18-24(15-38)40-16-22-9-5-3-6-10-22/h3-14,20-21,24,26,28-29,33,38H,15-19H2,1-2H3,(H2,34,35,36)/t24-,26-,28?,29?,32+,47?/m1/s1. The average Bonchev–Trinajstić information content (AvgIpc) is 3.75. The minimum atomic E-state index is -4.29. The summed E-state index contributed by atoms with van der Waals surface area (Å²) in [7, 11) is -4.29. The molecule has 4 heterocycles. The van der Waals surface area contributed by atoms with Crippen LogP contribution in [0.4, 0.5) is 5.82 Å². The number of aliphatic hydroxyl groups is 1. The van der Waals surface area contributed by atoms with Crippen molar-refractivity contribution in [2.24, 2.45) is 0 Å². The van der Waals surface area contributed by atoms with E-state index >= 15 is 0 Å². The second-order valence-electron chi connectivity index (χ2n) is 11.7. The normalized spacial score (nSPS) is 25.4. The van der Waals surface area contributed by atoms with E-state index in [0.717, 1.165) is 17.3 Å². The molecule has 6 atom stereocenters. The van der Waals surface area contributed by atoms with E-state index in [2.05, 4.69) is 10.1 Å². The van der Waals surface area contributed by atoms with Crippen molar-refractivity contribution >= 4 is 25.4 Å². The minimum Gasteiger partial charge on any atom is -0.394 e. The van der Waals surface area contributed by atoms with E-state index in [1.807, 2.05) is 60.7 Å². The van der Waals surface area contributed by atoms with Crippen molar-refractivity contribution in [2.75, 3.05) is 25.6 Å². The summed E-state index contributed by atoms with van der Waals surface area (Å²) < 4.78 is 57.9. The number of aliphatic hydroxyl groups excluding tert-OH is 1. The zero-order chi connectivity index (χ0) is 33.1. The Bertz CT molecular complexity index is 1710. The fourth-order valence-electron chi connectivity index (χ4n) is 5.67. The highest BCUT2D eigenvalue weighted by atomic mass is 31.2. The largest absolute Gasteiger partial charge is 0.475 e. The van der Waals surface area contributed by atoms with E-state index in [0.29, 0.717) is 11.2 Å². The summed E-state index contributed by atoms with van der Waals surface area (Å²) in [6.45, 7) is 2.69. The van der Waals surface area contributed by atoms with Gasteiger partial charge in [0.1, 0.15) is 36.3 Å². The Morgan fingerprint density at radius 3 is 2.38 bits per heavy atom. The Labute approximate surface area is 271 Å². The molecule has 0 bridgehead atoms. The predicted molar refractivity (Wildman–Crippen MR) is 169 cm³/mol. The number of benzene rings is 2. The van der Waals surface area contributed by atoms with E-state index < -0.39 is 43.6 Å². The first-order chi connectivity index (χ1) is 22.7. The van der Waals surface area contributed by atoms with Gasteiger partial charge in [-0.05, 0) is 37.1 Å². The van der Waals surface area contributed by atoms with Gasteiger partial charge in [-0.3, -0.25) is 13.6 Å². The number of hydrogen-bond donors (Lipinski definition) is 3. The maximum absolute atomic E-state index is 14.1. The second kappa shape index (κ2) is 13.9. The number of nitrogen functional groups attached to an aromatic ring is 1. The molecular weight excluding hydrogens is 629 g/mol. The van der Waals surface area contributed by atoms with Gasteiger partial charge < -0.3 is 35.2 Å². The molecule has 3 unspecified atom stereocenters. The summed E-state index contributed by atoms with van der Waals surface area (Å²) in [5.74, 6) is -0.770. The first-order valence-electron chi connectivity index (χ1n) is 15.1. The van der Waals surface area contributed by atoms with Crippen LogP contribution >= 0.6 is 7.82 Å². The summed E-state index contributed by atoms with van der Waals surface area (Å²) in [6.07, 6.45) is -0.782. The van der Waals surface area contributed by atoms with Crippen LogP contribution in [-0.4, -0.2) is 75.9 Å². The van der Waals surface area contributed by atoms with Crippen LogP contribution in [0.25, 0.3) is 5.52 Å². The average molecular weight is 668 g/mol. The summed E-state index contributed by atoms with van der Waals surface area (Å²) in [6, 6.07) is 22.1. The fraction of sp³-hybridized carbons (Fsp3) is 0.406. The molecule has 0 radical (unpaired) electrons. The Morgan fingerprint density at radius 1 is 1.00 bits per heavy atom. The minimum absolute atomic E-state index is 0.0707. The van der Waals surface area contributed by atoms with Gasteiger partial charge in [0.25, 0.3) is 0 Å². The van der Waals surface area contributed by atoms with Gasteiger partial charge in [-0.2, -0.15) is 5.10 Å². The van der Waals surface area contributed by atoms with Gasteiger partial charge in [-0.15, -0.1) is 0 Å². The van der Waals surface area contributed by atoms with Crippen LogP contribution in [0.15, 0.2) is 79.1 Å². The van der Waals surface area contributed by atoms with Crippen molar-refractivity contribution in [1.29, 1.82) is 5.41 Å². The molecule has 4 N–H and O–H groups in total. The molecular formula is C32H38N5O9P. The molecule has 2 aliphatic rings. The third-order valence-corrected chi connectivity index (χ3v) is 9.32. The molecule has 15 heteroatoms. The topological polar surface area (TPSA) is 182 Å². The Morgan fingerprint density at radius 2 is 1.70 bits per heavy atom. The lowest BCUT2D eigenvalue weighted by molar-refractivity contribution is -0.201. The molecule has 2 aliphatic heterocycles. The molecule has 0 amide bonds. The third kappa shape index (κ3) is 7.16. The molecule has 2 aromatic heterocycles. The van der Waals surface area contributed by atoms with E-state index in [-0.39, 0.29) is 38.9 Å². The van der Waals surface area contributed by atoms with Crippen LogP contribution in [0, 0.1) is 5.41 Å². The number of ether oxygens (including phenoxy) is 4. The number of phosphoric acid groups is 1. The van der Waals surface area contributed by atoms with Crippen molar-refractivity contribution in [3.8, 4) is 0 Å². The third-order valence-electron chi connectivity index (χ3n) is 7.94. The van der Waals surface area contributed by atoms with Crippen LogP contribution in [-0.2, 0) is 55.9 Å². The summed E-state index contributed by atoms with van der Waals surface area (Å²) in [5.41, 5.74) is 7.25. The highest BCUT2D eigenvalue weighted by molar-refractivity contribution is 7.48. The number of fused-ring (bicyclic) bond motifs is 2. The highest BCUT2D eigenvalue weighted by Crippen LogP contribution is 2.53. The number of aromatic nitrogens is 3. The number of phosphoric ester groups is 1. The molecule has 0 aliphatic carbocycles. The lowest BCUT2D eigenvalue weighted by atomic mass is 9.92. The zero-order valence-corrected chi connectivity index (χ0v) is 26.9. The Kier molecular flexibility index (Phi) is 9.85. The number of nitrogens with one attached hydrogen (secondary N) is 1. The maximum atomic E-state index is 14.1. The lowest BCUT2D eigenvalue weighted by Crippen LogP contribution is -2.43. The van der Waals surface area contributed by atoms with Crippen molar-refractivity contribution in [3.05, 3.63) is 95.9 Å². The molecule has 2 aromatic carbocycles. The summed E-state index contributed by atoms with van der Waals surface area (Å²) >= 11 is 0. The van der Waals surface area contributed by atoms with Crippen molar-refractivity contribution in [3.63, 3.8) is 0 Å². The van der Waals surface area contributed by atoms with Gasteiger partial charge in [0.2, 0.25) is 0 Å². The Balaban J connectivity index is 1.22. The van der Waals surface area contributed by atoms with Crippen LogP contribution in [0.2, 0.25) is 0 Å². The number of anilines is 1. The highest BCUT2D eigenvalue weighted by Gasteiger charge is 2.64. The van der Waals surface area contributed by atoms with Crippen LogP contribution < -0.4 is 5.73 Å². The molecule has 14 nitrogen and oxygen atoms in total. The van der Waals surface area contributed by atoms with Gasteiger partial charge in [-0.25, -0.2) is 14.1 Å². The van der Waals surface area contributed by atoms with Gasteiger partial charge in [-0.1, -0.05) is 60.7 Å². The van der Waals surface area contributed by atoms with Crippen LogP contribution in [0.3, 0.4) is 0 Å². The smallest absolute Gasteiger partial charge is 0.394 e. The van der Waals surface area contributed by atoms with Gasteiger partial charge >= 0.3 is 7.82 Å². The fourth-order valence-corrected chi connectivity index (χ4v) is 6.88. The van der Waals surface area contributed by atoms with E-state index in [1.54, 1.807) is 30.5 Å². The maximum Gasteiger partial charge on any atom is 0.475 e. The lowest BCUT2D eigenvalue weighted by Gasteiger charge is -2.31. The van der Waals surface area contributed by atoms with Gasteiger partial charge in [0.15, 0.2) is 17.2 Å². The molecule has 2 fully saturated rings. The second-order valence-corrected chi connectivity index (χ2v) is 13.3. The molecule has 0 saturated carbocycles. The van der Waals surface area contributed by atoms with E-state index in [1.165, 1.54) is 6.33 Å². The molecule has 4 aromatic rings. The molecule has 47 heavy (non-hydrogen) atoms. The zero-order valence-electron chi connectivity index (χ0n) is 26.0. The first-order valence-corrected chi connectivity index (χ1v) is 16.6. The number of hydrogen-bond acceptors (Lipinski definition) is 13. The van der Waals surface area contributed by atoms with E-state index in [4.69, 9.17) is 43.7 Å². The molecule has 6 rings (SSSR count). The summed E-state index contributed by atoms with van der Waals surface area (Å²) in [5, 5.41) is 22.8. The van der Waals surface area contributed by atoms with Crippen molar-refractivity contribution in [1.82, 2.24) is 14.6 Å². The van der Waals surface area contributed by atoms with Crippen molar-refractivity contribution < 1.29 is 42.2 Å². The molecule has 2 saturated heterocycles. The predicted octanol–water partition coefficient (Wildman–Crippen LogP) is 4.01. The monoisotopic (exact) mass is 667 g/mol. The quantitative estimate of drug-likeness (QED) is 0.123. The molecule has 0 spiro atoms. The molecule has 250 valence electrons. The number of nitrogens with zero attached hydrogens (tertiary/aromatic N) is 3. The first kappa shape index (κ1) is 33.3. The van der Waals surface area contributed by atoms with Gasteiger partial charge in [0.05, 0.1) is 38.7 Å². The van der Waals surface area contributed by atoms with Crippen molar-refractivity contribution in [2.45, 2.75) is 62.9 Å². The van der Waals surface area contributed by atoms with Crippen LogP contribution in [0.5, 0.6) is 0 Å². The van der Waals surface area contributed by atoms with Crippen LogP contribution in [0.1, 0.15) is 30.7 Å². The summed E-state index contributed by atoms with van der Waals surface area (Å²) in [4.78, 5) is 4.05. The number of rotatable bonds is 15. The Hall–Kier alpha value is -3.56. The number of nitrogens with two attached hydrogens (primary N) is 1.